The highest BCUT2D eigenvalue weighted by Gasteiger charge is 2.34. The van der Waals surface area contributed by atoms with Crippen molar-refractivity contribution < 1.29 is 18.0 Å². The quantitative estimate of drug-likeness (QED) is 0.591. The van der Waals surface area contributed by atoms with Crippen molar-refractivity contribution in [3.05, 3.63) is 77.9 Å². The topological polar surface area (TPSA) is 95.6 Å². The monoisotopic (exact) mass is 463 g/mol. The maximum atomic E-state index is 13.1. The number of hydrogen-bond acceptors (Lipinski definition) is 4. The summed E-state index contributed by atoms with van der Waals surface area (Å²) >= 11 is 0. The van der Waals surface area contributed by atoms with E-state index in [0.29, 0.717) is 33.6 Å². The first-order valence-electron chi connectivity index (χ1n) is 10.7. The van der Waals surface area contributed by atoms with E-state index in [0.717, 1.165) is 0 Å². The predicted molar refractivity (Wildman–Crippen MR) is 129 cm³/mol. The SMILES string of the molecule is CCN1c2ccc(C(=O)Nc3ccccc3C(=O)NC(C)C)cc2-c2ccccc2S1(=O)=O. The number of para-hydroxylation sites is 1. The van der Waals surface area contributed by atoms with Crippen LogP contribution in [0, 0.1) is 0 Å². The Bertz CT molecular complexity index is 1350. The second kappa shape index (κ2) is 8.71. The molecule has 0 bridgehead atoms. The molecular formula is C25H25N3O4S. The van der Waals surface area contributed by atoms with E-state index in [4.69, 9.17) is 0 Å². The van der Waals surface area contributed by atoms with Gasteiger partial charge in [0, 0.05) is 29.3 Å². The number of anilines is 2. The van der Waals surface area contributed by atoms with Crippen molar-refractivity contribution >= 4 is 33.2 Å². The fourth-order valence-corrected chi connectivity index (χ4v) is 5.64. The Morgan fingerprint density at radius 1 is 0.909 bits per heavy atom. The highest BCUT2D eigenvalue weighted by atomic mass is 32.2. The highest BCUT2D eigenvalue weighted by molar-refractivity contribution is 7.93. The van der Waals surface area contributed by atoms with Crippen LogP contribution in [0.3, 0.4) is 0 Å². The molecule has 3 aromatic rings. The molecule has 2 N–H and O–H groups in total. The Kier molecular flexibility index (Phi) is 5.95. The Balaban J connectivity index is 1.72. The zero-order valence-corrected chi connectivity index (χ0v) is 19.4. The summed E-state index contributed by atoms with van der Waals surface area (Å²) in [4.78, 5) is 25.9. The summed E-state index contributed by atoms with van der Waals surface area (Å²) in [6.45, 7) is 5.77. The van der Waals surface area contributed by atoms with Gasteiger partial charge >= 0.3 is 0 Å². The van der Waals surface area contributed by atoms with Crippen LogP contribution < -0.4 is 14.9 Å². The molecule has 4 rings (SSSR count). The van der Waals surface area contributed by atoms with Gasteiger partial charge in [0.1, 0.15) is 0 Å². The molecule has 170 valence electrons. The summed E-state index contributed by atoms with van der Waals surface area (Å²) in [7, 11) is -3.66. The van der Waals surface area contributed by atoms with Crippen LogP contribution in [0.2, 0.25) is 0 Å². The molecule has 2 amide bonds. The molecular weight excluding hydrogens is 438 g/mol. The fourth-order valence-electron chi connectivity index (χ4n) is 3.94. The van der Waals surface area contributed by atoms with E-state index < -0.39 is 15.9 Å². The van der Waals surface area contributed by atoms with Crippen molar-refractivity contribution in [2.24, 2.45) is 0 Å². The Labute approximate surface area is 193 Å². The lowest BCUT2D eigenvalue weighted by Gasteiger charge is -2.31. The maximum Gasteiger partial charge on any atom is 0.264 e. The summed E-state index contributed by atoms with van der Waals surface area (Å²) in [5.41, 5.74) is 2.88. The van der Waals surface area contributed by atoms with Gasteiger partial charge in [-0.2, -0.15) is 0 Å². The van der Waals surface area contributed by atoms with E-state index in [1.807, 2.05) is 13.8 Å². The third-order valence-electron chi connectivity index (χ3n) is 5.40. The fraction of sp³-hybridized carbons (Fsp3) is 0.200. The van der Waals surface area contributed by atoms with Gasteiger partial charge in [0.2, 0.25) is 0 Å². The molecule has 0 radical (unpaired) electrons. The van der Waals surface area contributed by atoms with Gasteiger partial charge in [0.15, 0.2) is 0 Å². The molecule has 33 heavy (non-hydrogen) atoms. The van der Waals surface area contributed by atoms with E-state index >= 15 is 0 Å². The van der Waals surface area contributed by atoms with Crippen LogP contribution in [-0.2, 0) is 10.0 Å². The molecule has 0 saturated carbocycles. The maximum absolute atomic E-state index is 13.1. The molecule has 0 saturated heterocycles. The molecule has 8 heteroatoms. The lowest BCUT2D eigenvalue weighted by molar-refractivity contribution is 0.0944. The van der Waals surface area contributed by atoms with Gasteiger partial charge in [-0.1, -0.05) is 30.3 Å². The first kappa shape index (κ1) is 22.5. The summed E-state index contributed by atoms with van der Waals surface area (Å²) in [6.07, 6.45) is 0. The minimum absolute atomic E-state index is 0.0419. The van der Waals surface area contributed by atoms with Crippen molar-refractivity contribution in [1.29, 1.82) is 0 Å². The molecule has 3 aromatic carbocycles. The van der Waals surface area contributed by atoms with Gasteiger partial charge in [-0.15, -0.1) is 0 Å². The van der Waals surface area contributed by atoms with Crippen LogP contribution in [0.25, 0.3) is 11.1 Å². The van der Waals surface area contributed by atoms with Crippen molar-refractivity contribution in [3.8, 4) is 11.1 Å². The summed E-state index contributed by atoms with van der Waals surface area (Å²) in [5.74, 6) is -0.666. The van der Waals surface area contributed by atoms with Crippen molar-refractivity contribution in [3.63, 3.8) is 0 Å². The molecule has 7 nitrogen and oxygen atoms in total. The molecule has 0 aliphatic carbocycles. The standard InChI is InChI=1S/C25H25N3O4S/c1-4-28-22-14-13-17(15-20(22)18-9-6-8-12-23(18)33(28,31)32)24(29)27-21-11-7-5-10-19(21)25(30)26-16(2)3/h5-16H,4H2,1-3H3,(H,26,30)(H,27,29). The number of amides is 2. The van der Waals surface area contributed by atoms with Gasteiger partial charge in [-0.05, 0) is 57.2 Å². The molecule has 1 aliphatic heterocycles. The average Bonchev–Trinajstić information content (AvgIpc) is 2.79. The zero-order chi connectivity index (χ0) is 23.8. The van der Waals surface area contributed by atoms with Crippen LogP contribution >= 0.6 is 0 Å². The van der Waals surface area contributed by atoms with Crippen molar-refractivity contribution in [2.45, 2.75) is 31.7 Å². The Morgan fingerprint density at radius 2 is 1.61 bits per heavy atom. The third-order valence-corrected chi connectivity index (χ3v) is 7.35. The van der Waals surface area contributed by atoms with Gasteiger partial charge in [-0.3, -0.25) is 13.9 Å². The van der Waals surface area contributed by atoms with Gasteiger partial charge in [-0.25, -0.2) is 8.42 Å². The lowest BCUT2D eigenvalue weighted by atomic mass is 9.99. The van der Waals surface area contributed by atoms with Gasteiger partial charge < -0.3 is 10.6 Å². The van der Waals surface area contributed by atoms with E-state index in [1.165, 1.54) is 4.31 Å². The number of sulfonamides is 1. The van der Waals surface area contributed by atoms with Gasteiger partial charge in [0.25, 0.3) is 21.8 Å². The predicted octanol–water partition coefficient (Wildman–Crippen LogP) is 4.27. The minimum atomic E-state index is -3.66. The number of nitrogens with one attached hydrogen (secondary N) is 2. The smallest absolute Gasteiger partial charge is 0.264 e. The normalized spacial score (nSPS) is 13.8. The van der Waals surface area contributed by atoms with Crippen LogP contribution in [-0.4, -0.2) is 32.8 Å². The molecule has 0 spiro atoms. The van der Waals surface area contributed by atoms with Crippen molar-refractivity contribution in [2.75, 3.05) is 16.2 Å². The molecule has 0 fully saturated rings. The van der Waals surface area contributed by atoms with Gasteiger partial charge in [0.05, 0.1) is 21.8 Å². The number of carbonyl (C=O) groups excluding carboxylic acids is 2. The summed E-state index contributed by atoms with van der Waals surface area (Å²) in [5, 5.41) is 5.65. The number of rotatable bonds is 5. The second-order valence-electron chi connectivity index (χ2n) is 8.03. The Hall–Kier alpha value is -3.65. The van der Waals surface area contributed by atoms with E-state index in [-0.39, 0.29) is 23.4 Å². The molecule has 0 atom stereocenters. The number of nitrogens with zero attached hydrogens (tertiary/aromatic N) is 1. The summed E-state index contributed by atoms with van der Waals surface area (Å²) in [6, 6.07) is 18.5. The second-order valence-corrected chi connectivity index (χ2v) is 9.86. The minimum Gasteiger partial charge on any atom is -0.350 e. The van der Waals surface area contributed by atoms with E-state index in [9.17, 15) is 18.0 Å². The van der Waals surface area contributed by atoms with Crippen LogP contribution in [0.4, 0.5) is 11.4 Å². The number of hydrogen-bond donors (Lipinski definition) is 2. The summed E-state index contributed by atoms with van der Waals surface area (Å²) < 4.78 is 27.4. The average molecular weight is 464 g/mol. The molecule has 1 heterocycles. The zero-order valence-electron chi connectivity index (χ0n) is 18.6. The number of fused-ring (bicyclic) bond motifs is 3. The third kappa shape index (κ3) is 4.09. The van der Waals surface area contributed by atoms with Crippen LogP contribution in [0.5, 0.6) is 0 Å². The van der Waals surface area contributed by atoms with E-state index in [2.05, 4.69) is 10.6 Å². The number of benzene rings is 3. The molecule has 0 unspecified atom stereocenters. The molecule has 1 aliphatic rings. The van der Waals surface area contributed by atoms with Crippen LogP contribution in [0.15, 0.2) is 71.6 Å². The largest absolute Gasteiger partial charge is 0.350 e. The lowest BCUT2D eigenvalue weighted by Crippen LogP contribution is -2.34. The van der Waals surface area contributed by atoms with Crippen molar-refractivity contribution in [1.82, 2.24) is 5.32 Å². The first-order chi connectivity index (χ1) is 15.7. The van der Waals surface area contributed by atoms with Crippen LogP contribution in [0.1, 0.15) is 41.5 Å². The molecule has 0 aromatic heterocycles. The first-order valence-corrected chi connectivity index (χ1v) is 12.2. The Morgan fingerprint density at radius 3 is 2.33 bits per heavy atom. The van der Waals surface area contributed by atoms with E-state index in [1.54, 1.807) is 73.7 Å². The highest BCUT2D eigenvalue weighted by Crippen LogP contribution is 2.43. The number of carbonyl (C=O) groups is 2.